The first-order valence-electron chi connectivity index (χ1n) is 6.02. The number of hydrogen-bond acceptors (Lipinski definition) is 4. The van der Waals surface area contributed by atoms with Crippen LogP contribution in [0.3, 0.4) is 0 Å². The van der Waals surface area contributed by atoms with Gasteiger partial charge < -0.3 is 20.3 Å². The molecule has 5 nitrogen and oxygen atoms in total. The maximum atomic E-state index is 11.4. The van der Waals surface area contributed by atoms with Crippen molar-refractivity contribution in [1.29, 1.82) is 0 Å². The van der Waals surface area contributed by atoms with Crippen LogP contribution in [0.5, 0.6) is 11.5 Å². The first-order valence-corrected chi connectivity index (χ1v) is 6.02. The molecule has 3 N–H and O–H groups in total. The normalized spacial score (nSPS) is 11.7. The molecular formula is C15H15NO4. The highest BCUT2D eigenvalue weighted by Gasteiger charge is 2.19. The van der Waals surface area contributed by atoms with Gasteiger partial charge in [-0.3, -0.25) is 0 Å². The topological polar surface area (TPSA) is 78.8 Å². The highest BCUT2D eigenvalue weighted by atomic mass is 16.5. The van der Waals surface area contributed by atoms with Crippen molar-refractivity contribution in [1.82, 2.24) is 0 Å². The van der Waals surface area contributed by atoms with Gasteiger partial charge in [0.1, 0.15) is 11.5 Å². The second-order valence-electron chi connectivity index (χ2n) is 4.24. The lowest BCUT2D eigenvalue weighted by Crippen LogP contribution is -2.20. The molecule has 5 heteroatoms. The van der Waals surface area contributed by atoms with Crippen molar-refractivity contribution in [2.45, 2.75) is 6.04 Å². The number of hydrogen-bond donors (Lipinski definition) is 3. The summed E-state index contributed by atoms with van der Waals surface area (Å²) in [5.74, 6) is -0.194. The summed E-state index contributed by atoms with van der Waals surface area (Å²) in [4.78, 5) is 11.4. The minimum absolute atomic E-state index is 0.0994. The molecule has 1 unspecified atom stereocenters. The first kappa shape index (κ1) is 13.7. The van der Waals surface area contributed by atoms with Crippen LogP contribution in [0.25, 0.3) is 0 Å². The number of aromatic hydroxyl groups is 1. The van der Waals surface area contributed by atoms with Crippen molar-refractivity contribution in [3.05, 3.63) is 54.1 Å². The number of carboxylic acids is 1. The summed E-state index contributed by atoms with van der Waals surface area (Å²) < 4.78 is 5.05. The van der Waals surface area contributed by atoms with Gasteiger partial charge in [0.05, 0.1) is 7.11 Å². The minimum atomic E-state index is -0.994. The van der Waals surface area contributed by atoms with Crippen LogP contribution < -0.4 is 10.1 Å². The Bertz CT molecular complexity index is 578. The Morgan fingerprint density at radius 2 is 1.70 bits per heavy atom. The number of ether oxygens (including phenoxy) is 1. The van der Waals surface area contributed by atoms with E-state index < -0.39 is 12.0 Å². The first-order chi connectivity index (χ1) is 9.60. The minimum Gasteiger partial charge on any atom is -0.508 e. The quantitative estimate of drug-likeness (QED) is 0.780. The van der Waals surface area contributed by atoms with Gasteiger partial charge in [0.15, 0.2) is 6.04 Å². The fraction of sp³-hybridized carbons (Fsp3) is 0.133. The van der Waals surface area contributed by atoms with E-state index in [9.17, 15) is 15.0 Å². The molecule has 0 saturated heterocycles. The number of methoxy groups -OCH3 is 1. The summed E-state index contributed by atoms with van der Waals surface area (Å²) in [7, 11) is 1.57. The summed E-state index contributed by atoms with van der Waals surface area (Å²) in [5, 5.41) is 21.5. The fourth-order valence-electron chi connectivity index (χ4n) is 1.81. The number of nitrogens with one attached hydrogen (secondary N) is 1. The van der Waals surface area contributed by atoms with Crippen LogP contribution in [0.15, 0.2) is 48.5 Å². The van der Waals surface area contributed by atoms with Crippen molar-refractivity contribution in [2.24, 2.45) is 0 Å². The van der Waals surface area contributed by atoms with Crippen LogP contribution in [-0.2, 0) is 4.79 Å². The molecule has 0 aliphatic heterocycles. The average Bonchev–Trinajstić information content (AvgIpc) is 2.46. The molecule has 0 heterocycles. The number of benzene rings is 2. The Labute approximate surface area is 116 Å². The van der Waals surface area contributed by atoms with E-state index in [1.54, 1.807) is 43.5 Å². The summed E-state index contributed by atoms with van der Waals surface area (Å²) in [6.45, 7) is 0. The largest absolute Gasteiger partial charge is 0.508 e. The molecule has 0 spiro atoms. The van der Waals surface area contributed by atoms with Crippen molar-refractivity contribution in [3.63, 3.8) is 0 Å². The zero-order valence-corrected chi connectivity index (χ0v) is 10.9. The molecule has 0 bridgehead atoms. The number of carbonyl (C=O) groups is 1. The Hall–Kier alpha value is -2.69. The van der Waals surface area contributed by atoms with Crippen molar-refractivity contribution >= 4 is 11.7 Å². The lowest BCUT2D eigenvalue weighted by molar-refractivity contribution is -0.138. The predicted octanol–water partition coefficient (Wildman–Crippen LogP) is 2.64. The van der Waals surface area contributed by atoms with E-state index in [1.807, 2.05) is 0 Å². The molecule has 104 valence electrons. The monoisotopic (exact) mass is 273 g/mol. The molecule has 20 heavy (non-hydrogen) atoms. The van der Waals surface area contributed by atoms with E-state index in [-0.39, 0.29) is 5.75 Å². The Kier molecular flexibility index (Phi) is 4.10. The average molecular weight is 273 g/mol. The van der Waals surface area contributed by atoms with Crippen LogP contribution in [0.1, 0.15) is 11.6 Å². The lowest BCUT2D eigenvalue weighted by atomic mass is 10.1. The van der Waals surface area contributed by atoms with Crippen LogP contribution in [0.4, 0.5) is 5.69 Å². The lowest BCUT2D eigenvalue weighted by Gasteiger charge is -2.16. The molecule has 0 aromatic heterocycles. The third-order valence-electron chi connectivity index (χ3n) is 2.87. The van der Waals surface area contributed by atoms with Gasteiger partial charge in [-0.2, -0.15) is 0 Å². The molecule has 0 fully saturated rings. The maximum absolute atomic E-state index is 11.4. The van der Waals surface area contributed by atoms with Gasteiger partial charge in [0.2, 0.25) is 0 Å². The fourth-order valence-corrected chi connectivity index (χ4v) is 1.81. The van der Waals surface area contributed by atoms with Crippen LogP contribution in [0, 0.1) is 0 Å². The molecule has 0 saturated carbocycles. The standard InChI is InChI=1S/C15H15NO4/c1-20-13-8-4-11(5-9-13)16-14(15(18)19)10-2-6-12(17)7-3-10/h2-9,14,16-17H,1H3,(H,18,19). The molecule has 2 rings (SSSR count). The van der Waals surface area contributed by atoms with Gasteiger partial charge in [-0.15, -0.1) is 0 Å². The SMILES string of the molecule is COc1ccc(NC(C(=O)O)c2ccc(O)cc2)cc1. The molecule has 1 atom stereocenters. The Morgan fingerprint density at radius 3 is 2.20 bits per heavy atom. The van der Waals surface area contributed by atoms with Gasteiger partial charge in [0.25, 0.3) is 0 Å². The molecule has 0 radical (unpaired) electrons. The van der Waals surface area contributed by atoms with Gasteiger partial charge in [-0.1, -0.05) is 12.1 Å². The number of aliphatic carboxylic acids is 1. The van der Waals surface area contributed by atoms with E-state index in [4.69, 9.17) is 4.74 Å². The van der Waals surface area contributed by atoms with Crippen molar-refractivity contribution in [3.8, 4) is 11.5 Å². The molecule has 2 aromatic carbocycles. The van der Waals surface area contributed by atoms with Crippen LogP contribution in [-0.4, -0.2) is 23.3 Å². The Balaban J connectivity index is 2.20. The zero-order valence-electron chi connectivity index (χ0n) is 10.9. The van der Waals surface area contributed by atoms with Gasteiger partial charge in [0, 0.05) is 5.69 Å². The second kappa shape index (κ2) is 5.97. The maximum Gasteiger partial charge on any atom is 0.330 e. The molecular weight excluding hydrogens is 258 g/mol. The van der Waals surface area contributed by atoms with Gasteiger partial charge >= 0.3 is 5.97 Å². The number of phenols is 1. The van der Waals surface area contributed by atoms with Gasteiger partial charge in [-0.25, -0.2) is 4.79 Å². The highest BCUT2D eigenvalue weighted by molar-refractivity contribution is 5.79. The smallest absolute Gasteiger partial charge is 0.330 e. The van der Waals surface area contributed by atoms with E-state index in [1.165, 1.54) is 12.1 Å². The third kappa shape index (κ3) is 3.20. The number of phenolic OH excluding ortho intramolecular Hbond substituents is 1. The number of rotatable bonds is 5. The summed E-state index contributed by atoms with van der Waals surface area (Å²) in [6.07, 6.45) is 0. The van der Waals surface area contributed by atoms with E-state index in [0.717, 1.165) is 0 Å². The molecule has 0 amide bonds. The zero-order chi connectivity index (χ0) is 14.5. The number of anilines is 1. The summed E-state index contributed by atoms with van der Waals surface area (Å²) in [5.41, 5.74) is 1.23. The third-order valence-corrected chi connectivity index (χ3v) is 2.87. The summed E-state index contributed by atoms with van der Waals surface area (Å²) in [6, 6.07) is 12.2. The summed E-state index contributed by atoms with van der Waals surface area (Å²) >= 11 is 0. The van der Waals surface area contributed by atoms with Crippen LogP contribution in [0.2, 0.25) is 0 Å². The number of carboxylic acid groups (broad SMARTS) is 1. The molecule has 2 aromatic rings. The second-order valence-corrected chi connectivity index (χ2v) is 4.24. The molecule has 0 aliphatic carbocycles. The van der Waals surface area contributed by atoms with Gasteiger partial charge in [-0.05, 0) is 42.0 Å². The van der Waals surface area contributed by atoms with E-state index in [2.05, 4.69) is 5.32 Å². The van der Waals surface area contributed by atoms with Crippen molar-refractivity contribution in [2.75, 3.05) is 12.4 Å². The predicted molar refractivity (Wildman–Crippen MR) is 75.1 cm³/mol. The van der Waals surface area contributed by atoms with E-state index >= 15 is 0 Å². The molecule has 0 aliphatic rings. The van der Waals surface area contributed by atoms with E-state index in [0.29, 0.717) is 17.0 Å². The van der Waals surface area contributed by atoms with Crippen LogP contribution >= 0.6 is 0 Å². The Morgan fingerprint density at radius 1 is 1.10 bits per heavy atom. The highest BCUT2D eigenvalue weighted by Crippen LogP contribution is 2.23. The van der Waals surface area contributed by atoms with Crippen molar-refractivity contribution < 1.29 is 19.7 Å².